The highest BCUT2D eigenvalue weighted by molar-refractivity contribution is 7.21. The van der Waals surface area contributed by atoms with E-state index in [9.17, 15) is 14.4 Å². The summed E-state index contributed by atoms with van der Waals surface area (Å²) in [5.74, 6) is 1.49. The standard InChI is InChI=1S/C38H30N6O5S2/c1-19-31(32-26(48-2)6-4-8-28(32)50-19)37-41-22-16-20(35(39)46)10-12-24(22)43(37)14-15-44-25-13-11-21(36(40)47)17-23(25)42-38(44)34-30(18-45)51-29-9-5-7-27(49-3)33(29)34/h4-13,16-18H,14-15H2,1-3H3,(H2,39,46)(H2,40,47). The molecule has 11 nitrogen and oxygen atoms in total. The fourth-order valence-electron chi connectivity index (χ4n) is 6.88. The smallest absolute Gasteiger partial charge is 0.248 e. The Morgan fingerprint density at radius 2 is 1.22 bits per heavy atom. The maximum absolute atomic E-state index is 12.6. The van der Waals surface area contributed by atoms with Crippen LogP contribution in [0.2, 0.25) is 0 Å². The molecular weight excluding hydrogens is 685 g/mol. The van der Waals surface area contributed by atoms with Gasteiger partial charge in [0.15, 0.2) is 6.29 Å². The number of ether oxygens (including phenoxy) is 2. The zero-order chi connectivity index (χ0) is 35.6. The van der Waals surface area contributed by atoms with Crippen LogP contribution >= 0.6 is 22.7 Å². The van der Waals surface area contributed by atoms with Crippen molar-refractivity contribution in [1.82, 2.24) is 19.1 Å². The number of fused-ring (bicyclic) bond motifs is 4. The second-order valence-corrected chi connectivity index (χ2v) is 14.3. The molecule has 4 heterocycles. The van der Waals surface area contributed by atoms with Gasteiger partial charge in [-0.1, -0.05) is 12.1 Å². The van der Waals surface area contributed by atoms with Gasteiger partial charge >= 0.3 is 0 Å². The van der Waals surface area contributed by atoms with E-state index >= 15 is 0 Å². The monoisotopic (exact) mass is 714 g/mol. The lowest BCUT2D eigenvalue weighted by molar-refractivity contribution is 0.0992. The highest BCUT2D eigenvalue weighted by Crippen LogP contribution is 2.45. The molecule has 8 rings (SSSR count). The van der Waals surface area contributed by atoms with Crippen molar-refractivity contribution >= 4 is 83.0 Å². The molecule has 0 aliphatic heterocycles. The van der Waals surface area contributed by atoms with E-state index in [4.69, 9.17) is 30.9 Å². The Balaban J connectivity index is 1.37. The molecule has 0 bridgehead atoms. The van der Waals surface area contributed by atoms with Crippen LogP contribution in [0.1, 0.15) is 35.3 Å². The molecular formula is C38H30N6O5S2. The lowest BCUT2D eigenvalue weighted by Gasteiger charge is -2.15. The van der Waals surface area contributed by atoms with Crippen LogP contribution in [0.3, 0.4) is 0 Å². The van der Waals surface area contributed by atoms with Gasteiger partial charge in [0.2, 0.25) is 11.8 Å². The van der Waals surface area contributed by atoms with Crippen molar-refractivity contribution in [2.45, 2.75) is 20.0 Å². The summed E-state index contributed by atoms with van der Waals surface area (Å²) in [6.45, 7) is 2.87. The molecule has 0 saturated carbocycles. The summed E-state index contributed by atoms with van der Waals surface area (Å²) in [6, 6.07) is 22.1. The van der Waals surface area contributed by atoms with E-state index in [1.165, 1.54) is 11.3 Å². The Bertz CT molecular complexity index is 2740. The van der Waals surface area contributed by atoms with Gasteiger partial charge < -0.3 is 30.1 Å². The number of primary amides is 2. The number of amides is 2. The molecule has 0 aliphatic carbocycles. The molecule has 4 N–H and O–H groups in total. The molecule has 2 amide bonds. The second kappa shape index (κ2) is 12.4. The number of aromatic nitrogens is 4. The van der Waals surface area contributed by atoms with Gasteiger partial charge in [-0.2, -0.15) is 0 Å². The number of nitrogens with two attached hydrogens (primary N) is 2. The lowest BCUT2D eigenvalue weighted by atomic mass is 10.1. The minimum atomic E-state index is -0.567. The molecule has 254 valence electrons. The number of hydrogen-bond acceptors (Lipinski definition) is 9. The Labute approximate surface area is 298 Å². The number of carbonyl (C=O) groups excluding carboxylic acids is 3. The summed E-state index contributed by atoms with van der Waals surface area (Å²) < 4.78 is 17.7. The number of thiophene rings is 2. The van der Waals surface area contributed by atoms with Crippen LogP contribution in [-0.2, 0) is 13.1 Å². The number of aryl methyl sites for hydroxylation is 3. The predicted octanol–water partition coefficient (Wildman–Crippen LogP) is 7.19. The van der Waals surface area contributed by atoms with Crippen LogP contribution in [-0.4, -0.2) is 51.4 Å². The third-order valence-electron chi connectivity index (χ3n) is 9.16. The van der Waals surface area contributed by atoms with Gasteiger partial charge in [0.05, 0.1) is 46.7 Å². The van der Waals surface area contributed by atoms with E-state index in [1.807, 2.05) is 47.0 Å². The number of methoxy groups -OCH3 is 2. The molecule has 0 radical (unpaired) electrons. The fraction of sp³-hybridized carbons (Fsp3) is 0.132. The molecule has 4 aromatic carbocycles. The Morgan fingerprint density at radius 3 is 1.71 bits per heavy atom. The van der Waals surface area contributed by atoms with Crippen LogP contribution in [0, 0.1) is 6.92 Å². The average molecular weight is 715 g/mol. The van der Waals surface area contributed by atoms with Crippen molar-refractivity contribution in [2.75, 3.05) is 14.2 Å². The molecule has 0 spiro atoms. The van der Waals surface area contributed by atoms with E-state index in [1.54, 1.807) is 49.8 Å². The summed E-state index contributed by atoms with van der Waals surface area (Å²) in [4.78, 5) is 48.7. The van der Waals surface area contributed by atoms with E-state index in [0.717, 1.165) is 53.7 Å². The van der Waals surface area contributed by atoms with Gasteiger partial charge in [0.25, 0.3) is 0 Å². The number of imidazole rings is 2. The first kappa shape index (κ1) is 32.2. The molecule has 0 atom stereocenters. The van der Waals surface area contributed by atoms with Crippen LogP contribution in [0.15, 0.2) is 72.8 Å². The maximum Gasteiger partial charge on any atom is 0.248 e. The Kier molecular flexibility index (Phi) is 7.80. The summed E-state index contributed by atoms with van der Waals surface area (Å²) in [5.41, 5.74) is 16.3. The molecule has 0 saturated heterocycles. The van der Waals surface area contributed by atoms with Crippen LogP contribution in [0.5, 0.6) is 11.5 Å². The molecule has 13 heteroatoms. The van der Waals surface area contributed by atoms with Crippen molar-refractivity contribution in [3.63, 3.8) is 0 Å². The number of nitrogens with zero attached hydrogens (tertiary/aromatic N) is 4. The van der Waals surface area contributed by atoms with Crippen LogP contribution < -0.4 is 20.9 Å². The van der Waals surface area contributed by atoms with Crippen molar-refractivity contribution < 1.29 is 23.9 Å². The van der Waals surface area contributed by atoms with Gasteiger partial charge in [-0.15, -0.1) is 22.7 Å². The quantitative estimate of drug-likeness (QED) is 0.142. The van der Waals surface area contributed by atoms with Gasteiger partial charge in [-0.05, 0) is 67.6 Å². The number of rotatable bonds is 10. The summed E-state index contributed by atoms with van der Waals surface area (Å²) in [7, 11) is 3.25. The summed E-state index contributed by atoms with van der Waals surface area (Å²) in [5, 5.41) is 1.73. The zero-order valence-corrected chi connectivity index (χ0v) is 29.4. The third-order valence-corrected chi connectivity index (χ3v) is 11.3. The highest BCUT2D eigenvalue weighted by atomic mass is 32.1. The average Bonchev–Trinajstić information content (AvgIpc) is 3.88. The topological polar surface area (TPSA) is 157 Å². The molecule has 0 fully saturated rings. The van der Waals surface area contributed by atoms with Crippen LogP contribution in [0.4, 0.5) is 0 Å². The predicted molar refractivity (Wildman–Crippen MR) is 201 cm³/mol. The first-order valence-electron chi connectivity index (χ1n) is 15.9. The van der Waals surface area contributed by atoms with Crippen molar-refractivity contribution in [1.29, 1.82) is 0 Å². The van der Waals surface area contributed by atoms with Crippen molar-refractivity contribution in [3.05, 3.63) is 93.7 Å². The number of benzene rings is 4. The lowest BCUT2D eigenvalue weighted by Crippen LogP contribution is -2.12. The largest absolute Gasteiger partial charge is 0.496 e. The highest BCUT2D eigenvalue weighted by Gasteiger charge is 2.26. The molecule has 4 aromatic heterocycles. The maximum atomic E-state index is 12.6. The van der Waals surface area contributed by atoms with Gasteiger partial charge in [0.1, 0.15) is 23.1 Å². The Hall–Kier alpha value is -6.05. The van der Waals surface area contributed by atoms with E-state index in [-0.39, 0.29) is 0 Å². The molecule has 8 aromatic rings. The summed E-state index contributed by atoms with van der Waals surface area (Å²) in [6.07, 6.45) is 0.841. The summed E-state index contributed by atoms with van der Waals surface area (Å²) >= 11 is 3.02. The first-order valence-corrected chi connectivity index (χ1v) is 17.6. The normalized spacial score (nSPS) is 11.6. The van der Waals surface area contributed by atoms with E-state index < -0.39 is 11.8 Å². The van der Waals surface area contributed by atoms with Gasteiger partial charge in [-0.25, -0.2) is 9.97 Å². The minimum Gasteiger partial charge on any atom is -0.496 e. The Morgan fingerprint density at radius 1 is 0.725 bits per heavy atom. The van der Waals surface area contributed by atoms with E-state index in [2.05, 4.69) is 17.6 Å². The SMILES string of the molecule is COc1cccc2sc(C)c(-c3nc4cc(C(N)=O)ccc4n3CCn3c(-c4c(C=O)sc5cccc(OC)c45)nc4cc(C(N)=O)ccc43)c12. The molecule has 0 unspecified atom stereocenters. The van der Waals surface area contributed by atoms with Crippen molar-refractivity contribution in [2.24, 2.45) is 11.5 Å². The van der Waals surface area contributed by atoms with Crippen LogP contribution in [0.25, 0.3) is 65.0 Å². The minimum absolute atomic E-state index is 0.323. The molecule has 51 heavy (non-hydrogen) atoms. The number of carbonyl (C=O) groups is 3. The second-order valence-electron chi connectivity index (χ2n) is 12.0. The van der Waals surface area contributed by atoms with Crippen molar-refractivity contribution in [3.8, 4) is 34.3 Å². The first-order chi connectivity index (χ1) is 24.7. The fourth-order valence-corrected chi connectivity index (χ4v) is 8.99. The number of aldehydes is 1. The van der Waals surface area contributed by atoms with Gasteiger partial charge in [0, 0.05) is 54.8 Å². The zero-order valence-electron chi connectivity index (χ0n) is 27.7. The van der Waals surface area contributed by atoms with Gasteiger partial charge in [-0.3, -0.25) is 14.4 Å². The molecule has 0 aliphatic rings. The third kappa shape index (κ3) is 5.12. The number of hydrogen-bond donors (Lipinski definition) is 2. The van der Waals surface area contributed by atoms with E-state index in [0.29, 0.717) is 63.1 Å².